The molecule has 74 valence electrons. The average molecular weight is 182 g/mol. The highest BCUT2D eigenvalue weighted by Crippen LogP contribution is 2.57. The minimum absolute atomic E-state index is 0.0197. The van der Waals surface area contributed by atoms with Crippen molar-refractivity contribution in [1.29, 1.82) is 0 Å². The predicted molar refractivity (Wildman–Crippen MR) is 51.2 cm³/mol. The number of hydrogen-bond donors (Lipinski definition) is 1. The van der Waals surface area contributed by atoms with Gasteiger partial charge in [0, 0.05) is 11.8 Å². The van der Waals surface area contributed by atoms with Crippen molar-refractivity contribution in [2.45, 2.75) is 38.4 Å². The summed E-state index contributed by atoms with van der Waals surface area (Å²) in [5.74, 6) is -0.272. The number of rotatable bonds is 2. The molecule has 0 bridgehead atoms. The van der Waals surface area contributed by atoms with E-state index in [1.54, 1.807) is 0 Å². The highest BCUT2D eigenvalue weighted by Gasteiger charge is 2.59. The van der Waals surface area contributed by atoms with Gasteiger partial charge >= 0.3 is 0 Å². The zero-order valence-electron chi connectivity index (χ0n) is 8.25. The number of allylic oxidation sites excluding steroid dienone is 1. The van der Waals surface area contributed by atoms with E-state index in [2.05, 4.69) is 13.5 Å². The molecule has 0 spiro atoms. The molecule has 2 heteroatoms. The van der Waals surface area contributed by atoms with Gasteiger partial charge in [-0.15, -0.1) is 6.58 Å². The van der Waals surface area contributed by atoms with E-state index in [0.717, 1.165) is 25.7 Å². The normalized spacial score (nSPS) is 49.2. The van der Waals surface area contributed by atoms with E-state index >= 15 is 0 Å². The van der Waals surface area contributed by atoms with Crippen molar-refractivity contribution in [2.75, 3.05) is 6.61 Å². The second-order valence-electron chi connectivity index (χ2n) is 4.67. The Morgan fingerprint density at radius 2 is 2.38 bits per heavy atom. The molecule has 2 nitrogen and oxygen atoms in total. The third-order valence-electron chi connectivity index (χ3n) is 3.65. The molecule has 0 aromatic heterocycles. The molecule has 1 heterocycles. The lowest BCUT2D eigenvalue weighted by Gasteiger charge is -2.33. The molecule has 13 heavy (non-hydrogen) atoms. The van der Waals surface area contributed by atoms with Crippen molar-refractivity contribution in [2.24, 2.45) is 11.3 Å². The van der Waals surface area contributed by atoms with Crippen molar-refractivity contribution in [3.8, 4) is 0 Å². The van der Waals surface area contributed by atoms with Crippen molar-refractivity contribution in [1.82, 2.24) is 0 Å². The molecule has 0 aromatic carbocycles. The Labute approximate surface area is 79.6 Å². The van der Waals surface area contributed by atoms with Crippen LogP contribution in [0.2, 0.25) is 0 Å². The summed E-state index contributed by atoms with van der Waals surface area (Å²) < 4.78 is 5.50. The molecule has 2 aliphatic rings. The molecule has 1 aliphatic carbocycles. The predicted octanol–water partition coefficient (Wildman–Crippen LogP) is 2.09. The van der Waals surface area contributed by atoms with Crippen LogP contribution < -0.4 is 0 Å². The van der Waals surface area contributed by atoms with E-state index < -0.39 is 5.79 Å². The summed E-state index contributed by atoms with van der Waals surface area (Å²) >= 11 is 0. The Morgan fingerprint density at radius 1 is 1.62 bits per heavy atom. The zero-order valence-corrected chi connectivity index (χ0v) is 8.25. The summed E-state index contributed by atoms with van der Waals surface area (Å²) in [7, 11) is 0. The molecular weight excluding hydrogens is 164 g/mol. The number of aliphatic hydroxyl groups is 1. The highest BCUT2D eigenvalue weighted by atomic mass is 16.6. The van der Waals surface area contributed by atoms with Crippen LogP contribution in [0, 0.1) is 11.3 Å². The maximum atomic E-state index is 10.3. The molecule has 2 fully saturated rings. The summed E-state index contributed by atoms with van der Waals surface area (Å²) in [5, 5.41) is 10.3. The Bertz CT molecular complexity index is 226. The van der Waals surface area contributed by atoms with E-state index in [0.29, 0.717) is 12.5 Å². The van der Waals surface area contributed by atoms with Crippen LogP contribution in [0.25, 0.3) is 0 Å². The van der Waals surface area contributed by atoms with E-state index in [-0.39, 0.29) is 5.41 Å². The summed E-state index contributed by atoms with van der Waals surface area (Å²) in [5.41, 5.74) is -0.0197. The quantitative estimate of drug-likeness (QED) is 0.663. The molecule has 3 atom stereocenters. The van der Waals surface area contributed by atoms with Gasteiger partial charge in [0.1, 0.15) is 0 Å². The van der Waals surface area contributed by atoms with Gasteiger partial charge in [0.05, 0.1) is 6.61 Å². The van der Waals surface area contributed by atoms with E-state index in [4.69, 9.17) is 4.74 Å². The van der Waals surface area contributed by atoms with Crippen LogP contribution in [0.4, 0.5) is 0 Å². The number of fused-ring (bicyclic) bond motifs is 1. The SMILES string of the molecule is C=CCC12CCOC1(O)CC(C)C2. The van der Waals surface area contributed by atoms with Gasteiger partial charge in [-0.05, 0) is 25.2 Å². The monoisotopic (exact) mass is 182 g/mol. The maximum absolute atomic E-state index is 10.3. The molecule has 1 saturated carbocycles. The number of ether oxygens (including phenoxy) is 1. The Hall–Kier alpha value is -0.340. The third-order valence-corrected chi connectivity index (χ3v) is 3.65. The summed E-state index contributed by atoms with van der Waals surface area (Å²) in [4.78, 5) is 0. The molecule has 0 amide bonds. The summed E-state index contributed by atoms with van der Waals surface area (Å²) in [6.45, 7) is 6.66. The summed E-state index contributed by atoms with van der Waals surface area (Å²) in [6.07, 6.45) is 5.65. The third kappa shape index (κ3) is 1.16. The molecule has 3 unspecified atom stereocenters. The van der Waals surface area contributed by atoms with Gasteiger partial charge in [-0.3, -0.25) is 0 Å². The first-order valence-electron chi connectivity index (χ1n) is 5.09. The molecular formula is C11H18O2. The van der Waals surface area contributed by atoms with Crippen molar-refractivity contribution in [3.05, 3.63) is 12.7 Å². The minimum Gasteiger partial charge on any atom is -0.365 e. The largest absolute Gasteiger partial charge is 0.365 e. The molecule has 0 radical (unpaired) electrons. The van der Waals surface area contributed by atoms with Crippen LogP contribution in [0.15, 0.2) is 12.7 Å². The fourth-order valence-electron chi connectivity index (χ4n) is 3.13. The van der Waals surface area contributed by atoms with Crippen LogP contribution in [0.3, 0.4) is 0 Å². The second-order valence-corrected chi connectivity index (χ2v) is 4.67. The molecule has 1 saturated heterocycles. The number of hydrogen-bond acceptors (Lipinski definition) is 2. The van der Waals surface area contributed by atoms with Gasteiger partial charge in [0.15, 0.2) is 5.79 Å². The lowest BCUT2D eigenvalue weighted by Crippen LogP contribution is -2.39. The fraction of sp³-hybridized carbons (Fsp3) is 0.818. The fourth-order valence-corrected chi connectivity index (χ4v) is 3.13. The van der Waals surface area contributed by atoms with Crippen molar-refractivity contribution < 1.29 is 9.84 Å². The first kappa shape index (κ1) is 9.22. The topological polar surface area (TPSA) is 29.5 Å². The van der Waals surface area contributed by atoms with Crippen molar-refractivity contribution >= 4 is 0 Å². The van der Waals surface area contributed by atoms with E-state index in [1.165, 1.54) is 0 Å². The van der Waals surface area contributed by atoms with Gasteiger partial charge in [-0.2, -0.15) is 0 Å². The van der Waals surface area contributed by atoms with Crippen LogP contribution in [0.1, 0.15) is 32.6 Å². The van der Waals surface area contributed by atoms with Gasteiger partial charge < -0.3 is 9.84 Å². The Morgan fingerprint density at radius 3 is 3.08 bits per heavy atom. The van der Waals surface area contributed by atoms with Gasteiger partial charge in [0.2, 0.25) is 0 Å². The first-order valence-corrected chi connectivity index (χ1v) is 5.09. The summed E-state index contributed by atoms with van der Waals surface area (Å²) in [6, 6.07) is 0. The average Bonchev–Trinajstić information content (AvgIpc) is 2.38. The van der Waals surface area contributed by atoms with Crippen LogP contribution in [-0.2, 0) is 4.74 Å². The van der Waals surface area contributed by atoms with Gasteiger partial charge in [-0.1, -0.05) is 13.0 Å². The van der Waals surface area contributed by atoms with Gasteiger partial charge in [-0.25, -0.2) is 0 Å². The second kappa shape index (κ2) is 2.82. The molecule has 1 aliphatic heterocycles. The lowest BCUT2D eigenvalue weighted by atomic mass is 9.77. The lowest BCUT2D eigenvalue weighted by molar-refractivity contribution is -0.212. The Balaban J connectivity index is 2.27. The smallest absolute Gasteiger partial charge is 0.171 e. The highest BCUT2D eigenvalue weighted by molar-refractivity contribution is 5.06. The molecule has 1 N–H and O–H groups in total. The maximum Gasteiger partial charge on any atom is 0.171 e. The molecule has 0 aromatic rings. The van der Waals surface area contributed by atoms with Crippen LogP contribution >= 0.6 is 0 Å². The Kier molecular flexibility index (Phi) is 2.00. The van der Waals surface area contributed by atoms with Crippen molar-refractivity contribution in [3.63, 3.8) is 0 Å². The standard InChI is InChI=1S/C11H18O2/c1-3-4-10-5-6-13-11(10,12)8-9(2)7-10/h3,9,12H,1,4-8H2,2H3. The van der Waals surface area contributed by atoms with E-state index in [1.807, 2.05) is 6.08 Å². The molecule has 2 rings (SSSR count). The van der Waals surface area contributed by atoms with Crippen LogP contribution in [0.5, 0.6) is 0 Å². The minimum atomic E-state index is -0.847. The zero-order chi connectivity index (χ0) is 9.53. The van der Waals surface area contributed by atoms with E-state index in [9.17, 15) is 5.11 Å². The van der Waals surface area contributed by atoms with Gasteiger partial charge in [0.25, 0.3) is 0 Å². The van der Waals surface area contributed by atoms with Crippen LogP contribution in [-0.4, -0.2) is 17.5 Å². The first-order chi connectivity index (χ1) is 6.12.